The number of hydrogen-bond donors (Lipinski definition) is 1. The summed E-state index contributed by atoms with van der Waals surface area (Å²) < 4.78 is 1.66. The number of amides is 1. The molecule has 0 bridgehead atoms. The summed E-state index contributed by atoms with van der Waals surface area (Å²) in [5.41, 5.74) is 2.09. The lowest BCUT2D eigenvalue weighted by Crippen LogP contribution is -2.29. The topological polar surface area (TPSA) is 87.8 Å². The molecule has 1 heterocycles. The standard InChI is InChI=1S/C21H16Cl2N4O2/c1-13-17(11-25-27(13)12-14-5-3-2-4-6-14)20(28)16(10-24)21(29)26-19-8-7-15(22)9-18(19)23/h2-9,11,16H,12H2,1H3,(H,26,29). The molecule has 0 aliphatic rings. The van der Waals surface area contributed by atoms with Crippen LogP contribution in [0.25, 0.3) is 0 Å². The second-order valence-electron chi connectivity index (χ2n) is 6.33. The van der Waals surface area contributed by atoms with Gasteiger partial charge in [-0.15, -0.1) is 0 Å². The summed E-state index contributed by atoms with van der Waals surface area (Å²) in [4.78, 5) is 25.4. The van der Waals surface area contributed by atoms with E-state index in [1.54, 1.807) is 23.7 Å². The van der Waals surface area contributed by atoms with Gasteiger partial charge in [0.1, 0.15) is 0 Å². The Morgan fingerprint density at radius 2 is 1.93 bits per heavy atom. The minimum absolute atomic E-state index is 0.210. The average Bonchev–Trinajstić information content (AvgIpc) is 3.05. The second kappa shape index (κ2) is 8.91. The van der Waals surface area contributed by atoms with Gasteiger partial charge in [-0.2, -0.15) is 10.4 Å². The number of nitrogens with one attached hydrogen (secondary N) is 1. The molecular weight excluding hydrogens is 411 g/mol. The van der Waals surface area contributed by atoms with Crippen LogP contribution in [0.15, 0.2) is 54.7 Å². The molecule has 0 saturated carbocycles. The summed E-state index contributed by atoms with van der Waals surface area (Å²) in [5.74, 6) is -2.92. The molecular formula is C21H16Cl2N4O2. The van der Waals surface area contributed by atoms with E-state index in [9.17, 15) is 14.9 Å². The van der Waals surface area contributed by atoms with Gasteiger partial charge in [0.2, 0.25) is 5.91 Å². The van der Waals surface area contributed by atoms with Crippen LogP contribution in [0.3, 0.4) is 0 Å². The molecule has 1 aromatic heterocycles. The van der Waals surface area contributed by atoms with Crippen molar-refractivity contribution in [2.75, 3.05) is 5.32 Å². The molecule has 0 fully saturated rings. The summed E-state index contributed by atoms with van der Waals surface area (Å²) >= 11 is 11.9. The Morgan fingerprint density at radius 3 is 2.59 bits per heavy atom. The molecule has 0 aliphatic carbocycles. The highest BCUT2D eigenvalue weighted by Gasteiger charge is 2.30. The number of benzene rings is 2. The summed E-state index contributed by atoms with van der Waals surface area (Å²) in [6.45, 7) is 2.20. The largest absolute Gasteiger partial charge is 0.323 e. The van der Waals surface area contributed by atoms with E-state index in [0.29, 0.717) is 17.3 Å². The van der Waals surface area contributed by atoms with Crippen molar-refractivity contribution in [1.29, 1.82) is 5.26 Å². The first-order valence-electron chi connectivity index (χ1n) is 8.66. The number of carbonyl (C=O) groups excluding carboxylic acids is 2. The fourth-order valence-electron chi connectivity index (χ4n) is 2.79. The molecule has 0 saturated heterocycles. The minimum atomic E-state index is -1.53. The van der Waals surface area contributed by atoms with Crippen LogP contribution in [0.4, 0.5) is 5.69 Å². The van der Waals surface area contributed by atoms with Gasteiger partial charge < -0.3 is 5.32 Å². The van der Waals surface area contributed by atoms with Crippen molar-refractivity contribution in [3.8, 4) is 6.07 Å². The van der Waals surface area contributed by atoms with Crippen LogP contribution in [0, 0.1) is 24.2 Å². The molecule has 146 valence electrons. The van der Waals surface area contributed by atoms with Gasteiger partial charge in [0.25, 0.3) is 0 Å². The third-order valence-electron chi connectivity index (χ3n) is 4.39. The highest BCUT2D eigenvalue weighted by Crippen LogP contribution is 2.26. The van der Waals surface area contributed by atoms with Crippen LogP contribution in [-0.4, -0.2) is 21.5 Å². The van der Waals surface area contributed by atoms with Crippen LogP contribution < -0.4 is 5.32 Å². The second-order valence-corrected chi connectivity index (χ2v) is 7.17. The molecule has 1 unspecified atom stereocenters. The summed E-state index contributed by atoms with van der Waals surface area (Å²) in [5, 5.41) is 16.8. The minimum Gasteiger partial charge on any atom is -0.323 e. The zero-order chi connectivity index (χ0) is 21.0. The van der Waals surface area contributed by atoms with E-state index >= 15 is 0 Å². The normalized spacial score (nSPS) is 11.5. The van der Waals surface area contributed by atoms with Crippen LogP contribution in [-0.2, 0) is 11.3 Å². The van der Waals surface area contributed by atoms with Gasteiger partial charge >= 0.3 is 0 Å². The lowest BCUT2D eigenvalue weighted by atomic mass is 9.98. The maximum absolute atomic E-state index is 12.8. The van der Waals surface area contributed by atoms with E-state index in [0.717, 1.165) is 5.56 Å². The quantitative estimate of drug-likeness (QED) is 0.463. The molecule has 3 rings (SSSR count). The summed E-state index contributed by atoms with van der Waals surface area (Å²) in [7, 11) is 0. The predicted molar refractivity (Wildman–Crippen MR) is 111 cm³/mol. The maximum atomic E-state index is 12.8. The van der Waals surface area contributed by atoms with Gasteiger partial charge in [-0.3, -0.25) is 14.3 Å². The third kappa shape index (κ3) is 4.65. The van der Waals surface area contributed by atoms with Crippen LogP contribution in [0.5, 0.6) is 0 Å². The number of Topliss-reactive ketones (excluding diaryl/α,β-unsaturated/α-hetero) is 1. The van der Waals surface area contributed by atoms with E-state index in [2.05, 4.69) is 10.4 Å². The molecule has 0 spiro atoms. The number of aromatic nitrogens is 2. The number of ketones is 1. The fraction of sp³-hybridized carbons (Fsp3) is 0.143. The van der Waals surface area contributed by atoms with Crippen molar-refractivity contribution < 1.29 is 9.59 Å². The molecule has 0 radical (unpaired) electrons. The first-order chi connectivity index (χ1) is 13.9. The fourth-order valence-corrected chi connectivity index (χ4v) is 3.25. The molecule has 29 heavy (non-hydrogen) atoms. The molecule has 8 heteroatoms. The Kier molecular flexibility index (Phi) is 6.32. The Labute approximate surface area is 177 Å². The number of halogens is 2. The lowest BCUT2D eigenvalue weighted by molar-refractivity contribution is -0.117. The van der Waals surface area contributed by atoms with Crippen molar-refractivity contribution in [2.45, 2.75) is 13.5 Å². The van der Waals surface area contributed by atoms with Crippen LogP contribution in [0.1, 0.15) is 21.6 Å². The molecule has 3 aromatic rings. The van der Waals surface area contributed by atoms with E-state index in [1.165, 1.54) is 18.3 Å². The molecule has 0 aliphatic heterocycles. The van der Waals surface area contributed by atoms with E-state index in [4.69, 9.17) is 23.2 Å². The van der Waals surface area contributed by atoms with Gasteiger partial charge in [-0.25, -0.2) is 0 Å². The van der Waals surface area contributed by atoms with Crippen molar-refractivity contribution in [3.05, 3.63) is 81.6 Å². The van der Waals surface area contributed by atoms with E-state index in [-0.39, 0.29) is 16.3 Å². The Balaban J connectivity index is 1.79. The summed E-state index contributed by atoms with van der Waals surface area (Å²) in [6, 6.07) is 15.9. The van der Waals surface area contributed by atoms with Crippen LogP contribution >= 0.6 is 23.2 Å². The maximum Gasteiger partial charge on any atom is 0.249 e. The smallest absolute Gasteiger partial charge is 0.249 e. The molecule has 1 amide bonds. The van der Waals surface area contributed by atoms with Gasteiger partial charge in [-0.05, 0) is 30.7 Å². The van der Waals surface area contributed by atoms with Crippen LogP contribution in [0.2, 0.25) is 10.0 Å². The van der Waals surface area contributed by atoms with Gasteiger partial charge in [0, 0.05) is 10.7 Å². The number of nitriles is 1. The highest BCUT2D eigenvalue weighted by molar-refractivity contribution is 6.36. The Bertz CT molecular complexity index is 1100. The Morgan fingerprint density at radius 1 is 1.21 bits per heavy atom. The monoisotopic (exact) mass is 426 g/mol. The van der Waals surface area contributed by atoms with Gasteiger partial charge in [-0.1, -0.05) is 53.5 Å². The first kappa shape index (κ1) is 20.6. The lowest BCUT2D eigenvalue weighted by Gasteiger charge is -2.11. The van der Waals surface area contributed by atoms with Crippen molar-refractivity contribution in [2.24, 2.45) is 5.92 Å². The number of nitrogens with zero attached hydrogens (tertiary/aromatic N) is 3. The molecule has 6 nitrogen and oxygen atoms in total. The predicted octanol–water partition coefficient (Wildman–Crippen LogP) is 4.51. The number of carbonyl (C=O) groups is 2. The molecule has 1 N–H and O–H groups in total. The highest BCUT2D eigenvalue weighted by atomic mass is 35.5. The molecule has 1 atom stereocenters. The zero-order valence-electron chi connectivity index (χ0n) is 15.4. The molecule has 2 aromatic carbocycles. The number of hydrogen-bond acceptors (Lipinski definition) is 4. The van der Waals surface area contributed by atoms with Crippen molar-refractivity contribution in [1.82, 2.24) is 9.78 Å². The van der Waals surface area contributed by atoms with Crippen molar-refractivity contribution >= 4 is 40.6 Å². The average molecular weight is 427 g/mol. The third-order valence-corrected chi connectivity index (χ3v) is 4.93. The first-order valence-corrected chi connectivity index (χ1v) is 9.42. The SMILES string of the molecule is Cc1c(C(=O)C(C#N)C(=O)Nc2ccc(Cl)cc2Cl)cnn1Cc1ccccc1. The summed E-state index contributed by atoms with van der Waals surface area (Å²) in [6.07, 6.45) is 1.38. The van der Waals surface area contributed by atoms with E-state index in [1.807, 2.05) is 30.3 Å². The zero-order valence-corrected chi connectivity index (χ0v) is 16.9. The van der Waals surface area contributed by atoms with Crippen molar-refractivity contribution in [3.63, 3.8) is 0 Å². The Hall–Kier alpha value is -3.14. The number of anilines is 1. The van der Waals surface area contributed by atoms with E-state index < -0.39 is 17.6 Å². The van der Waals surface area contributed by atoms with Gasteiger partial charge in [0.15, 0.2) is 11.7 Å². The van der Waals surface area contributed by atoms with Gasteiger partial charge in [0.05, 0.1) is 35.1 Å². The number of rotatable bonds is 6.